The summed E-state index contributed by atoms with van der Waals surface area (Å²) in [5.41, 5.74) is 3.73. The molecule has 1 saturated carbocycles. The number of methoxy groups -OCH3 is 2. The molecule has 1 unspecified atom stereocenters. The maximum Gasteiger partial charge on any atom is 0.227 e. The SMILES string of the molecule is COc1c(F)cc(CC(=O)C2CCC[C@H]2c2ncc(-c3cccc(Oc4ccc(-c5cnc([C@@H]6CCCN6C(=O)Cc6cc(F)c(OC)c(F)c6)[nH]5)cc4)c3)[nH]2)cc1F.Cl.Cl. The van der Waals surface area contributed by atoms with Gasteiger partial charge in [-0.15, -0.1) is 24.8 Å². The van der Waals surface area contributed by atoms with E-state index in [9.17, 15) is 27.2 Å². The van der Waals surface area contributed by atoms with Crippen LogP contribution in [0.4, 0.5) is 17.6 Å². The predicted octanol–water partition coefficient (Wildman–Crippen LogP) is 10.3. The van der Waals surface area contributed by atoms with Crippen molar-refractivity contribution in [2.24, 2.45) is 5.92 Å². The lowest BCUT2D eigenvalue weighted by Crippen LogP contribution is -2.32. The molecule has 0 spiro atoms. The van der Waals surface area contributed by atoms with Crippen LogP contribution in [0.25, 0.3) is 22.5 Å². The highest BCUT2D eigenvalue weighted by Crippen LogP contribution is 2.41. The van der Waals surface area contributed by atoms with Crippen LogP contribution in [0, 0.1) is 29.2 Å². The van der Waals surface area contributed by atoms with Crippen molar-refractivity contribution in [1.29, 1.82) is 0 Å². The summed E-state index contributed by atoms with van der Waals surface area (Å²) in [6.45, 7) is 0.512. The summed E-state index contributed by atoms with van der Waals surface area (Å²) in [4.78, 5) is 44.3. The number of H-pyrrole nitrogens is 2. The van der Waals surface area contributed by atoms with Crippen molar-refractivity contribution in [2.75, 3.05) is 20.8 Å². The lowest BCUT2D eigenvalue weighted by atomic mass is 9.88. The minimum Gasteiger partial charge on any atom is -0.491 e. The Balaban J connectivity index is 0.00000311. The predicted molar refractivity (Wildman–Crippen MR) is 225 cm³/mol. The average Bonchev–Trinajstić information content (AvgIpc) is 4.05. The molecule has 3 atom stereocenters. The standard InChI is InChI=1S/C45H41F4N5O5.2ClH/c1-57-42-33(46)16-25(17-34(42)47)20-40(55)31-8-4-9-32(31)44-50-24-38(52-44)28-6-3-7-30(22-28)59-29-13-11-27(12-14-29)37-23-51-45(53-37)39-10-5-15-54(39)41(56)21-26-18-35(48)43(58-2)36(49)19-26;;/h3,6-7,11-14,16-19,22-24,31-32,39H,4-5,8-10,15,20-21H2,1-2H3,(H,50,52)(H,51,53);2*1H/t31?,32-,39+;;/m1../s1. The van der Waals surface area contributed by atoms with Gasteiger partial charge in [0.05, 0.1) is 50.5 Å². The highest BCUT2D eigenvalue weighted by atomic mass is 35.5. The van der Waals surface area contributed by atoms with Crippen molar-refractivity contribution in [3.63, 3.8) is 0 Å². The number of imidazole rings is 2. The van der Waals surface area contributed by atoms with Crippen LogP contribution in [0.5, 0.6) is 23.0 Å². The molecule has 6 aromatic rings. The molecule has 16 heteroatoms. The third-order valence-electron chi connectivity index (χ3n) is 11.2. The van der Waals surface area contributed by atoms with Gasteiger partial charge in [-0.3, -0.25) is 9.59 Å². The number of Topliss-reactive ketones (excluding diaryl/α,β-unsaturated/α-hetero) is 1. The molecular weight excluding hydrogens is 837 g/mol. The molecule has 2 aromatic heterocycles. The van der Waals surface area contributed by atoms with Gasteiger partial charge in [0, 0.05) is 30.4 Å². The molecule has 0 radical (unpaired) electrons. The summed E-state index contributed by atoms with van der Waals surface area (Å²) in [5.74, 6) is -2.59. The number of nitrogens with one attached hydrogen (secondary N) is 2. The quantitative estimate of drug-likeness (QED) is 0.111. The molecule has 0 bridgehead atoms. The minimum atomic E-state index is -0.854. The Morgan fingerprint density at radius 2 is 1.28 bits per heavy atom. The number of rotatable bonds is 13. The van der Waals surface area contributed by atoms with E-state index in [1.807, 2.05) is 48.5 Å². The van der Waals surface area contributed by atoms with Gasteiger partial charge in [-0.25, -0.2) is 27.5 Å². The Labute approximate surface area is 361 Å². The van der Waals surface area contributed by atoms with Crippen molar-refractivity contribution in [2.45, 2.75) is 56.9 Å². The molecule has 2 aliphatic rings. The molecular formula is C45H43Cl2F4N5O5. The minimum absolute atomic E-state index is 0. The van der Waals surface area contributed by atoms with Crippen molar-refractivity contribution in [1.82, 2.24) is 24.8 Å². The first-order chi connectivity index (χ1) is 28.6. The van der Waals surface area contributed by atoms with Crippen LogP contribution in [0.2, 0.25) is 0 Å². The van der Waals surface area contributed by atoms with Crippen LogP contribution < -0.4 is 14.2 Å². The van der Waals surface area contributed by atoms with Gasteiger partial charge in [-0.05, 0) is 103 Å². The molecule has 2 N–H and O–H groups in total. The van der Waals surface area contributed by atoms with Gasteiger partial charge in [-0.1, -0.05) is 18.6 Å². The number of hydrogen-bond acceptors (Lipinski definition) is 7. The van der Waals surface area contributed by atoms with Gasteiger partial charge in [0.25, 0.3) is 0 Å². The number of hydrogen-bond donors (Lipinski definition) is 2. The first kappa shape index (κ1) is 44.7. The number of ether oxygens (including phenoxy) is 3. The molecule has 8 rings (SSSR count). The van der Waals surface area contributed by atoms with E-state index in [-0.39, 0.29) is 78.4 Å². The zero-order valence-corrected chi connectivity index (χ0v) is 34.8. The van der Waals surface area contributed by atoms with Crippen LogP contribution in [-0.2, 0) is 22.4 Å². The number of nitrogens with zero attached hydrogens (tertiary/aromatic N) is 3. The smallest absolute Gasteiger partial charge is 0.227 e. The number of aromatic amines is 2. The molecule has 1 amide bonds. The largest absolute Gasteiger partial charge is 0.491 e. The summed E-state index contributed by atoms with van der Waals surface area (Å²) in [7, 11) is 2.38. The van der Waals surface area contributed by atoms with Gasteiger partial charge in [0.2, 0.25) is 5.91 Å². The fourth-order valence-corrected chi connectivity index (χ4v) is 8.34. The van der Waals surface area contributed by atoms with Gasteiger partial charge in [-0.2, -0.15) is 0 Å². The second kappa shape index (κ2) is 19.2. The molecule has 1 saturated heterocycles. The second-order valence-electron chi connectivity index (χ2n) is 14.9. The van der Waals surface area contributed by atoms with E-state index >= 15 is 0 Å². The second-order valence-corrected chi connectivity index (χ2v) is 14.9. The summed E-state index contributed by atoms with van der Waals surface area (Å²) in [5, 5.41) is 0. The van der Waals surface area contributed by atoms with Crippen molar-refractivity contribution < 1.29 is 41.4 Å². The monoisotopic (exact) mass is 879 g/mol. The first-order valence-corrected chi connectivity index (χ1v) is 19.4. The number of ketones is 1. The average molecular weight is 881 g/mol. The zero-order valence-electron chi connectivity index (χ0n) is 33.2. The van der Waals surface area contributed by atoms with Crippen LogP contribution in [0.3, 0.4) is 0 Å². The third-order valence-corrected chi connectivity index (χ3v) is 11.2. The summed E-state index contributed by atoms with van der Waals surface area (Å²) < 4.78 is 72.9. The summed E-state index contributed by atoms with van der Waals surface area (Å²) >= 11 is 0. The third kappa shape index (κ3) is 9.55. The first-order valence-electron chi connectivity index (χ1n) is 19.4. The number of amides is 1. The van der Waals surface area contributed by atoms with Crippen LogP contribution in [-0.4, -0.2) is 57.3 Å². The Kier molecular flexibility index (Phi) is 14.1. The van der Waals surface area contributed by atoms with Crippen molar-refractivity contribution in [3.05, 3.63) is 131 Å². The molecule has 1 aliphatic carbocycles. The van der Waals surface area contributed by atoms with E-state index in [4.69, 9.17) is 14.2 Å². The number of carbonyl (C=O) groups excluding carboxylic acids is 2. The van der Waals surface area contributed by atoms with E-state index in [1.165, 1.54) is 14.2 Å². The Bertz CT molecular complexity index is 2470. The van der Waals surface area contributed by atoms with Crippen LogP contribution in [0.15, 0.2) is 85.2 Å². The van der Waals surface area contributed by atoms with E-state index in [1.54, 1.807) is 17.3 Å². The molecule has 4 aromatic carbocycles. The maximum absolute atomic E-state index is 14.3. The van der Waals surface area contributed by atoms with Crippen molar-refractivity contribution in [3.8, 4) is 45.5 Å². The van der Waals surface area contributed by atoms with Crippen LogP contribution in [0.1, 0.15) is 66.8 Å². The zero-order chi connectivity index (χ0) is 41.2. The number of halogens is 6. The summed E-state index contributed by atoms with van der Waals surface area (Å²) in [6.07, 6.45) is 6.97. The van der Waals surface area contributed by atoms with Crippen molar-refractivity contribution >= 4 is 36.5 Å². The van der Waals surface area contributed by atoms with E-state index < -0.39 is 34.8 Å². The lowest BCUT2D eigenvalue weighted by Gasteiger charge is -2.23. The number of carbonyl (C=O) groups is 2. The van der Waals surface area contributed by atoms with Gasteiger partial charge in [0.1, 0.15) is 28.9 Å². The molecule has 2 fully saturated rings. The topological polar surface area (TPSA) is 122 Å². The number of benzene rings is 4. The molecule has 320 valence electrons. The molecule has 3 heterocycles. The Morgan fingerprint density at radius 1 is 0.689 bits per heavy atom. The number of likely N-dealkylation sites (tertiary alicyclic amines) is 1. The summed E-state index contributed by atoms with van der Waals surface area (Å²) in [6, 6.07) is 19.3. The number of aromatic nitrogens is 4. The normalized spacial score (nSPS) is 17.1. The molecule has 10 nitrogen and oxygen atoms in total. The Morgan fingerprint density at radius 3 is 1.92 bits per heavy atom. The van der Waals surface area contributed by atoms with E-state index in [2.05, 4.69) is 19.9 Å². The molecule has 61 heavy (non-hydrogen) atoms. The highest BCUT2D eigenvalue weighted by Gasteiger charge is 2.36. The fourth-order valence-electron chi connectivity index (χ4n) is 8.34. The van der Waals surface area contributed by atoms with Crippen LogP contribution >= 0.6 is 24.8 Å². The molecule has 1 aliphatic heterocycles. The Hall–Kier alpha value is -5.86. The van der Waals surface area contributed by atoms with Gasteiger partial charge < -0.3 is 29.1 Å². The maximum atomic E-state index is 14.3. The lowest BCUT2D eigenvalue weighted by molar-refractivity contribution is -0.131. The van der Waals surface area contributed by atoms with E-state index in [0.29, 0.717) is 42.5 Å². The van der Waals surface area contributed by atoms with Gasteiger partial charge >= 0.3 is 0 Å². The van der Waals surface area contributed by atoms with E-state index in [0.717, 1.165) is 66.0 Å². The highest BCUT2D eigenvalue weighted by molar-refractivity contribution is 5.86. The van der Waals surface area contributed by atoms with Gasteiger partial charge in [0.15, 0.2) is 34.8 Å². The fraction of sp³-hybridized carbons (Fsp3) is 0.289.